The Balaban J connectivity index is 1.95. The van der Waals surface area contributed by atoms with E-state index in [0.717, 1.165) is 19.4 Å². The number of carbonyl (C=O) groups excluding carboxylic acids is 1. The zero-order chi connectivity index (χ0) is 10.6. The van der Waals surface area contributed by atoms with Crippen LogP contribution < -0.4 is 0 Å². The zero-order valence-corrected chi connectivity index (χ0v) is 9.11. The molecule has 3 nitrogen and oxygen atoms in total. The number of methoxy groups -OCH3 is 1. The highest BCUT2D eigenvalue weighted by Crippen LogP contribution is 2.49. The molecule has 0 aromatic carbocycles. The molecular weight excluding hydrogens is 190 g/mol. The number of hydrogen-bond donors (Lipinski definition) is 0. The van der Waals surface area contributed by atoms with E-state index in [0.29, 0.717) is 18.0 Å². The highest BCUT2D eigenvalue weighted by atomic mass is 16.5. The second kappa shape index (κ2) is 3.08. The monoisotopic (exact) mass is 207 g/mol. The van der Waals surface area contributed by atoms with Crippen molar-refractivity contribution in [2.45, 2.75) is 31.3 Å². The Morgan fingerprint density at radius 2 is 2.33 bits per heavy atom. The van der Waals surface area contributed by atoms with Crippen molar-refractivity contribution >= 4 is 5.97 Å². The molecule has 4 bridgehead atoms. The van der Waals surface area contributed by atoms with Crippen molar-refractivity contribution in [2.75, 3.05) is 13.7 Å². The number of hydrogen-bond acceptors (Lipinski definition) is 3. The molecule has 4 rings (SSSR count). The van der Waals surface area contributed by atoms with E-state index in [1.807, 2.05) is 0 Å². The van der Waals surface area contributed by atoms with Crippen molar-refractivity contribution in [3.05, 3.63) is 12.2 Å². The summed E-state index contributed by atoms with van der Waals surface area (Å²) < 4.78 is 4.93. The second-order valence-corrected chi connectivity index (χ2v) is 5.02. The fraction of sp³-hybridized carbons (Fsp3) is 0.750. The number of ether oxygens (including phenoxy) is 1. The van der Waals surface area contributed by atoms with Crippen LogP contribution in [0.1, 0.15) is 19.3 Å². The van der Waals surface area contributed by atoms with Gasteiger partial charge in [0.15, 0.2) is 0 Å². The van der Waals surface area contributed by atoms with E-state index in [9.17, 15) is 4.79 Å². The fourth-order valence-corrected chi connectivity index (χ4v) is 3.79. The van der Waals surface area contributed by atoms with Crippen LogP contribution >= 0.6 is 0 Å². The molecule has 3 heteroatoms. The maximum absolute atomic E-state index is 11.8. The largest absolute Gasteiger partial charge is 0.469 e. The van der Waals surface area contributed by atoms with Gasteiger partial charge in [-0.15, -0.1) is 0 Å². The number of carbonyl (C=O) groups is 1. The third-order valence-electron chi connectivity index (χ3n) is 4.45. The van der Waals surface area contributed by atoms with E-state index < -0.39 is 0 Å². The summed E-state index contributed by atoms with van der Waals surface area (Å²) in [6.07, 6.45) is 3.53. The zero-order valence-electron chi connectivity index (χ0n) is 9.11. The quantitative estimate of drug-likeness (QED) is 0.478. The molecule has 0 radical (unpaired) electrons. The van der Waals surface area contributed by atoms with E-state index in [1.165, 1.54) is 19.1 Å². The minimum Gasteiger partial charge on any atom is -0.469 e. The van der Waals surface area contributed by atoms with Crippen molar-refractivity contribution in [3.63, 3.8) is 0 Å². The summed E-state index contributed by atoms with van der Waals surface area (Å²) in [7, 11) is 1.50. The average Bonchev–Trinajstić information content (AvgIpc) is 2.54. The van der Waals surface area contributed by atoms with Crippen LogP contribution in [0.3, 0.4) is 0 Å². The molecule has 0 aliphatic carbocycles. The molecule has 4 aliphatic heterocycles. The van der Waals surface area contributed by atoms with E-state index in [2.05, 4.69) is 11.5 Å². The lowest BCUT2D eigenvalue weighted by Crippen LogP contribution is -2.57. The highest BCUT2D eigenvalue weighted by Gasteiger charge is 2.54. The van der Waals surface area contributed by atoms with E-state index >= 15 is 0 Å². The molecule has 1 unspecified atom stereocenters. The van der Waals surface area contributed by atoms with Gasteiger partial charge in [0.2, 0.25) is 0 Å². The molecule has 4 saturated heterocycles. The Hall–Kier alpha value is -0.830. The summed E-state index contributed by atoms with van der Waals surface area (Å²) in [5.41, 5.74) is 1.24. The number of fused-ring (bicyclic) bond motifs is 1. The van der Waals surface area contributed by atoms with Gasteiger partial charge in [0.1, 0.15) is 0 Å². The maximum Gasteiger partial charge on any atom is 0.310 e. The predicted octanol–water partition coefficient (Wildman–Crippen LogP) is 1.20. The number of nitrogens with zero attached hydrogens (tertiary/aromatic N) is 1. The Kier molecular flexibility index (Phi) is 1.93. The third kappa shape index (κ3) is 1.13. The number of esters is 1. The smallest absolute Gasteiger partial charge is 0.310 e. The van der Waals surface area contributed by atoms with Gasteiger partial charge >= 0.3 is 5.97 Å². The number of rotatable bonds is 1. The van der Waals surface area contributed by atoms with Crippen molar-refractivity contribution in [3.8, 4) is 0 Å². The van der Waals surface area contributed by atoms with E-state index in [1.54, 1.807) is 0 Å². The Labute approximate surface area is 90.1 Å². The molecule has 4 aliphatic rings. The number of piperidine rings is 3. The molecular formula is C12H17NO2. The van der Waals surface area contributed by atoms with Crippen LogP contribution in [-0.4, -0.2) is 36.6 Å². The van der Waals surface area contributed by atoms with Gasteiger partial charge in [-0.05, 0) is 25.2 Å². The molecule has 0 N–H and O–H groups in total. The standard InChI is InChI=1S/C12H17NO2/c1-7-6-13-8-3-4-10(13)11(9(7)5-8)12(14)15-2/h8-11H,1,3-6H2,2H3/t8-,9+,10+,11+/m0/s1. The first kappa shape index (κ1) is 9.40. The molecule has 5 atom stereocenters. The first-order valence-corrected chi connectivity index (χ1v) is 5.73. The summed E-state index contributed by atoms with van der Waals surface area (Å²) in [5, 5.41) is 0. The Bertz CT molecular complexity index is 326. The first-order valence-electron chi connectivity index (χ1n) is 5.73. The van der Waals surface area contributed by atoms with Crippen molar-refractivity contribution in [1.29, 1.82) is 0 Å². The lowest BCUT2D eigenvalue weighted by atomic mass is 9.72. The van der Waals surface area contributed by atoms with E-state index in [-0.39, 0.29) is 11.9 Å². The summed E-state index contributed by atoms with van der Waals surface area (Å²) in [6.45, 7) is 5.12. The normalized spacial score (nSPS) is 47.0. The lowest BCUT2D eigenvalue weighted by Gasteiger charge is -2.50. The Morgan fingerprint density at radius 3 is 3.07 bits per heavy atom. The van der Waals surface area contributed by atoms with Gasteiger partial charge in [0, 0.05) is 18.6 Å². The average molecular weight is 207 g/mol. The van der Waals surface area contributed by atoms with Crippen molar-refractivity contribution in [2.24, 2.45) is 11.8 Å². The second-order valence-electron chi connectivity index (χ2n) is 5.02. The highest BCUT2D eigenvalue weighted by molar-refractivity contribution is 5.75. The van der Waals surface area contributed by atoms with Crippen LogP contribution in [0, 0.1) is 11.8 Å². The summed E-state index contributed by atoms with van der Waals surface area (Å²) in [6, 6.07) is 1.15. The van der Waals surface area contributed by atoms with Crippen LogP contribution in [0.2, 0.25) is 0 Å². The Morgan fingerprint density at radius 1 is 1.53 bits per heavy atom. The molecule has 0 amide bonds. The van der Waals surface area contributed by atoms with Crippen LogP contribution in [0.15, 0.2) is 12.2 Å². The molecule has 4 heterocycles. The predicted molar refractivity (Wildman–Crippen MR) is 56.3 cm³/mol. The van der Waals surface area contributed by atoms with Gasteiger partial charge in [0.05, 0.1) is 13.0 Å². The lowest BCUT2D eigenvalue weighted by molar-refractivity contribution is -0.153. The molecule has 0 aromatic heterocycles. The summed E-state index contributed by atoms with van der Waals surface area (Å²) >= 11 is 0. The van der Waals surface area contributed by atoms with Gasteiger partial charge in [-0.1, -0.05) is 12.2 Å². The van der Waals surface area contributed by atoms with Gasteiger partial charge < -0.3 is 4.74 Å². The minimum absolute atomic E-state index is 0.0313. The molecule has 0 spiro atoms. The van der Waals surface area contributed by atoms with Gasteiger partial charge in [0.25, 0.3) is 0 Å². The van der Waals surface area contributed by atoms with Crippen LogP contribution in [0.4, 0.5) is 0 Å². The third-order valence-corrected chi connectivity index (χ3v) is 4.45. The van der Waals surface area contributed by atoms with Crippen molar-refractivity contribution < 1.29 is 9.53 Å². The van der Waals surface area contributed by atoms with Crippen LogP contribution in [0.5, 0.6) is 0 Å². The van der Waals surface area contributed by atoms with Crippen LogP contribution in [0.25, 0.3) is 0 Å². The fourth-order valence-electron chi connectivity index (χ4n) is 3.79. The van der Waals surface area contributed by atoms with Crippen LogP contribution in [-0.2, 0) is 9.53 Å². The van der Waals surface area contributed by atoms with Gasteiger partial charge in [-0.2, -0.15) is 0 Å². The molecule has 4 fully saturated rings. The molecule has 0 saturated carbocycles. The molecule has 0 aromatic rings. The van der Waals surface area contributed by atoms with E-state index in [4.69, 9.17) is 4.74 Å². The first-order chi connectivity index (χ1) is 7.22. The maximum atomic E-state index is 11.8. The SMILES string of the molecule is C=C1CN2[C@H]3CC[C@@H]2[C@H](C(=O)OC)[C@@H]1C3. The van der Waals surface area contributed by atoms with Crippen molar-refractivity contribution in [1.82, 2.24) is 4.90 Å². The topological polar surface area (TPSA) is 29.5 Å². The van der Waals surface area contributed by atoms with Gasteiger partial charge in [-0.25, -0.2) is 0 Å². The summed E-state index contributed by atoms with van der Waals surface area (Å²) in [5.74, 6) is 0.422. The molecule has 15 heavy (non-hydrogen) atoms. The minimum atomic E-state index is -0.0313. The van der Waals surface area contributed by atoms with Gasteiger partial charge in [-0.3, -0.25) is 9.69 Å². The summed E-state index contributed by atoms with van der Waals surface area (Å²) in [4.78, 5) is 14.3. The molecule has 82 valence electrons.